The molecule has 0 fully saturated rings. The van der Waals surface area contributed by atoms with Crippen LogP contribution in [0.25, 0.3) is 0 Å². The number of aromatic nitrogens is 3. The highest BCUT2D eigenvalue weighted by Crippen LogP contribution is 2.26. The first kappa shape index (κ1) is 14.6. The number of hydrogen-bond acceptors (Lipinski definition) is 3. The van der Waals surface area contributed by atoms with Crippen LogP contribution in [0.3, 0.4) is 0 Å². The lowest BCUT2D eigenvalue weighted by atomic mass is 9.91. The van der Waals surface area contributed by atoms with Crippen LogP contribution in [0.15, 0.2) is 30.9 Å². The lowest BCUT2D eigenvalue weighted by Crippen LogP contribution is -2.01. The van der Waals surface area contributed by atoms with Gasteiger partial charge in [0.1, 0.15) is 11.6 Å². The first-order chi connectivity index (χ1) is 9.56. The Morgan fingerprint density at radius 2 is 1.55 bits per heavy atom. The van der Waals surface area contributed by atoms with Gasteiger partial charge in [-0.3, -0.25) is 4.98 Å². The summed E-state index contributed by atoms with van der Waals surface area (Å²) in [6.07, 6.45) is 8.77. The molecule has 2 heterocycles. The van der Waals surface area contributed by atoms with Gasteiger partial charge in [-0.05, 0) is 48.8 Å². The maximum absolute atomic E-state index is 13.2. The summed E-state index contributed by atoms with van der Waals surface area (Å²) in [6, 6.07) is 1.57. The van der Waals surface area contributed by atoms with Crippen molar-refractivity contribution in [3.63, 3.8) is 0 Å². The molecule has 0 saturated heterocycles. The Kier molecular flexibility index (Phi) is 4.77. The van der Waals surface area contributed by atoms with Crippen molar-refractivity contribution < 1.29 is 4.39 Å². The Labute approximate surface area is 119 Å². The zero-order valence-corrected chi connectivity index (χ0v) is 12.2. The summed E-state index contributed by atoms with van der Waals surface area (Å²) in [5.41, 5.74) is 2.11. The average molecular weight is 273 g/mol. The molecule has 2 unspecified atom stereocenters. The van der Waals surface area contributed by atoms with Gasteiger partial charge in [0.25, 0.3) is 0 Å². The molecular formula is C16H20FN3. The van der Waals surface area contributed by atoms with E-state index in [1.807, 2.05) is 19.3 Å². The average Bonchev–Trinajstić information content (AvgIpc) is 2.45. The molecule has 0 radical (unpaired) electrons. The summed E-state index contributed by atoms with van der Waals surface area (Å²) in [4.78, 5) is 12.4. The summed E-state index contributed by atoms with van der Waals surface area (Å²) in [5, 5.41) is 0. The van der Waals surface area contributed by atoms with Crippen LogP contribution in [-0.4, -0.2) is 15.0 Å². The molecule has 0 amide bonds. The van der Waals surface area contributed by atoms with Crippen molar-refractivity contribution in [1.82, 2.24) is 15.0 Å². The molecule has 0 saturated carbocycles. The molecule has 20 heavy (non-hydrogen) atoms. The largest absolute Gasteiger partial charge is 0.261 e. The van der Waals surface area contributed by atoms with Crippen molar-refractivity contribution in [1.29, 1.82) is 0 Å². The van der Waals surface area contributed by atoms with Gasteiger partial charge >= 0.3 is 0 Å². The maximum atomic E-state index is 13.2. The number of halogens is 1. The molecule has 0 aliphatic carbocycles. The van der Waals surface area contributed by atoms with E-state index in [1.165, 1.54) is 6.20 Å². The van der Waals surface area contributed by atoms with Crippen molar-refractivity contribution >= 4 is 0 Å². The van der Waals surface area contributed by atoms with Crippen molar-refractivity contribution in [3.05, 3.63) is 53.6 Å². The number of rotatable bonds is 5. The van der Waals surface area contributed by atoms with Crippen LogP contribution >= 0.6 is 0 Å². The van der Waals surface area contributed by atoms with Gasteiger partial charge in [-0.15, -0.1) is 0 Å². The Bertz CT molecular complexity index is 554. The molecule has 2 aromatic rings. The number of pyridine rings is 1. The van der Waals surface area contributed by atoms with E-state index in [0.29, 0.717) is 11.8 Å². The fraction of sp³-hybridized carbons (Fsp3) is 0.438. The van der Waals surface area contributed by atoms with Crippen molar-refractivity contribution in [3.8, 4) is 0 Å². The van der Waals surface area contributed by atoms with Crippen LogP contribution in [0, 0.1) is 12.7 Å². The molecular weight excluding hydrogens is 253 g/mol. The molecule has 0 N–H and O–H groups in total. The van der Waals surface area contributed by atoms with Crippen LogP contribution < -0.4 is 0 Å². The van der Waals surface area contributed by atoms with E-state index in [4.69, 9.17) is 0 Å². The topological polar surface area (TPSA) is 38.7 Å². The van der Waals surface area contributed by atoms with Gasteiger partial charge in [-0.25, -0.2) is 14.4 Å². The van der Waals surface area contributed by atoms with E-state index >= 15 is 0 Å². The van der Waals surface area contributed by atoms with E-state index in [0.717, 1.165) is 29.8 Å². The van der Waals surface area contributed by atoms with E-state index in [1.54, 1.807) is 12.3 Å². The van der Waals surface area contributed by atoms with E-state index in [-0.39, 0.29) is 5.82 Å². The lowest BCUT2D eigenvalue weighted by Gasteiger charge is -2.15. The third-order valence-corrected chi connectivity index (χ3v) is 3.70. The van der Waals surface area contributed by atoms with Gasteiger partial charge in [0.15, 0.2) is 0 Å². The summed E-state index contributed by atoms with van der Waals surface area (Å²) >= 11 is 0. The van der Waals surface area contributed by atoms with Crippen LogP contribution in [-0.2, 0) is 0 Å². The standard InChI is InChI=1S/C16H20FN3/c1-11(14-6-16(17)10-18-7-14)4-5-12(2)15-8-19-13(3)20-9-15/h6-12H,4-5H2,1-3H3. The highest BCUT2D eigenvalue weighted by atomic mass is 19.1. The molecule has 0 aliphatic heterocycles. The van der Waals surface area contributed by atoms with Gasteiger partial charge in [-0.2, -0.15) is 0 Å². The van der Waals surface area contributed by atoms with Gasteiger partial charge in [0.05, 0.1) is 6.20 Å². The third kappa shape index (κ3) is 3.83. The zero-order chi connectivity index (χ0) is 14.5. The quantitative estimate of drug-likeness (QED) is 0.826. The molecule has 2 rings (SSSR count). The van der Waals surface area contributed by atoms with Crippen LogP contribution in [0.4, 0.5) is 4.39 Å². The highest BCUT2D eigenvalue weighted by Gasteiger charge is 2.11. The minimum atomic E-state index is -0.269. The van der Waals surface area contributed by atoms with Crippen LogP contribution in [0.5, 0.6) is 0 Å². The van der Waals surface area contributed by atoms with Crippen LogP contribution in [0.2, 0.25) is 0 Å². The Morgan fingerprint density at radius 1 is 0.950 bits per heavy atom. The molecule has 0 spiro atoms. The number of hydrogen-bond donors (Lipinski definition) is 0. The number of aryl methyl sites for hydroxylation is 1. The predicted molar refractivity (Wildman–Crippen MR) is 77.0 cm³/mol. The van der Waals surface area contributed by atoms with Gasteiger partial charge in [-0.1, -0.05) is 13.8 Å². The number of nitrogens with zero attached hydrogens (tertiary/aromatic N) is 3. The smallest absolute Gasteiger partial charge is 0.141 e. The summed E-state index contributed by atoms with van der Waals surface area (Å²) in [5.74, 6) is 1.22. The molecule has 0 bridgehead atoms. The minimum absolute atomic E-state index is 0.269. The summed E-state index contributed by atoms with van der Waals surface area (Å²) in [7, 11) is 0. The zero-order valence-electron chi connectivity index (χ0n) is 12.2. The van der Waals surface area contributed by atoms with Gasteiger partial charge in [0, 0.05) is 18.6 Å². The van der Waals surface area contributed by atoms with Crippen LogP contribution in [0.1, 0.15) is 55.5 Å². The summed E-state index contributed by atoms with van der Waals surface area (Å²) in [6.45, 7) is 6.16. The van der Waals surface area contributed by atoms with Crippen molar-refractivity contribution in [2.24, 2.45) is 0 Å². The second kappa shape index (κ2) is 6.55. The van der Waals surface area contributed by atoms with E-state index in [2.05, 4.69) is 28.8 Å². The SMILES string of the molecule is Cc1ncc(C(C)CCC(C)c2cncc(F)c2)cn1. The monoisotopic (exact) mass is 273 g/mol. The van der Waals surface area contributed by atoms with Crippen molar-refractivity contribution in [2.75, 3.05) is 0 Å². The van der Waals surface area contributed by atoms with E-state index in [9.17, 15) is 4.39 Å². The van der Waals surface area contributed by atoms with Gasteiger partial charge in [0.2, 0.25) is 0 Å². The predicted octanol–water partition coefficient (Wildman–Crippen LogP) is 4.01. The molecule has 0 aliphatic rings. The minimum Gasteiger partial charge on any atom is -0.261 e. The first-order valence-electron chi connectivity index (χ1n) is 6.95. The molecule has 3 nitrogen and oxygen atoms in total. The Hall–Kier alpha value is -1.84. The van der Waals surface area contributed by atoms with E-state index < -0.39 is 0 Å². The normalized spacial score (nSPS) is 14.0. The second-order valence-corrected chi connectivity index (χ2v) is 5.38. The first-order valence-corrected chi connectivity index (χ1v) is 6.95. The fourth-order valence-corrected chi connectivity index (χ4v) is 2.19. The molecule has 2 atom stereocenters. The fourth-order valence-electron chi connectivity index (χ4n) is 2.19. The molecule has 0 aromatic carbocycles. The third-order valence-electron chi connectivity index (χ3n) is 3.70. The van der Waals surface area contributed by atoms with Gasteiger partial charge < -0.3 is 0 Å². The lowest BCUT2D eigenvalue weighted by molar-refractivity contribution is 0.562. The molecule has 2 aromatic heterocycles. The second-order valence-electron chi connectivity index (χ2n) is 5.38. The Morgan fingerprint density at radius 3 is 2.15 bits per heavy atom. The molecule has 4 heteroatoms. The Balaban J connectivity index is 1.93. The maximum Gasteiger partial charge on any atom is 0.141 e. The highest BCUT2D eigenvalue weighted by molar-refractivity contribution is 5.15. The van der Waals surface area contributed by atoms with Crippen molar-refractivity contribution in [2.45, 2.75) is 45.4 Å². The summed E-state index contributed by atoms with van der Waals surface area (Å²) < 4.78 is 13.2. The molecule has 106 valence electrons.